The average Bonchev–Trinajstić information content (AvgIpc) is 3.10. The zero-order valence-corrected chi connectivity index (χ0v) is 12.6. The van der Waals surface area contributed by atoms with Crippen LogP contribution in [0.1, 0.15) is 23.2 Å². The summed E-state index contributed by atoms with van der Waals surface area (Å²) in [5.41, 5.74) is 2.45. The summed E-state index contributed by atoms with van der Waals surface area (Å²) >= 11 is 0. The fourth-order valence-corrected chi connectivity index (χ4v) is 2.72. The van der Waals surface area contributed by atoms with Crippen LogP contribution in [0.3, 0.4) is 0 Å². The molecule has 0 bridgehead atoms. The number of hydrogen-bond acceptors (Lipinski definition) is 4. The molecule has 22 heavy (non-hydrogen) atoms. The third-order valence-corrected chi connectivity index (χ3v) is 3.99. The van der Waals surface area contributed by atoms with E-state index in [0.717, 1.165) is 37.3 Å². The van der Waals surface area contributed by atoms with Crippen molar-refractivity contribution in [1.82, 2.24) is 0 Å². The molecule has 0 spiro atoms. The number of rotatable bonds is 4. The van der Waals surface area contributed by atoms with Gasteiger partial charge in [0, 0.05) is 31.6 Å². The molecule has 1 aliphatic rings. The molecule has 0 aliphatic carbocycles. The van der Waals surface area contributed by atoms with E-state index in [-0.39, 0.29) is 5.91 Å². The van der Waals surface area contributed by atoms with E-state index >= 15 is 0 Å². The summed E-state index contributed by atoms with van der Waals surface area (Å²) in [6, 6.07) is 9.54. The van der Waals surface area contributed by atoms with Gasteiger partial charge in [-0.05, 0) is 43.2 Å². The van der Waals surface area contributed by atoms with E-state index in [4.69, 9.17) is 9.15 Å². The lowest BCUT2D eigenvalue weighted by molar-refractivity contribution is 0.0893. The third-order valence-electron chi connectivity index (χ3n) is 3.99. The van der Waals surface area contributed by atoms with E-state index in [1.165, 1.54) is 12.5 Å². The lowest BCUT2D eigenvalue weighted by atomic mass is 10.1. The highest BCUT2D eigenvalue weighted by Crippen LogP contribution is 2.23. The Morgan fingerprint density at radius 3 is 2.82 bits per heavy atom. The first-order valence-electron chi connectivity index (χ1n) is 7.47. The van der Waals surface area contributed by atoms with Gasteiger partial charge in [0.15, 0.2) is 0 Å². The highest BCUT2D eigenvalue weighted by molar-refractivity contribution is 6.04. The number of methoxy groups -OCH3 is 1. The largest absolute Gasteiger partial charge is 0.472 e. The molecule has 3 rings (SSSR count). The Labute approximate surface area is 129 Å². The summed E-state index contributed by atoms with van der Waals surface area (Å²) in [6.07, 6.45) is 5.47. The molecular weight excluding hydrogens is 280 g/mol. The highest BCUT2D eigenvalue weighted by atomic mass is 16.5. The third kappa shape index (κ3) is 3.31. The van der Waals surface area contributed by atoms with Gasteiger partial charge < -0.3 is 19.4 Å². The lowest BCUT2D eigenvalue weighted by Crippen LogP contribution is -2.39. The van der Waals surface area contributed by atoms with Gasteiger partial charge in [-0.25, -0.2) is 0 Å². The van der Waals surface area contributed by atoms with Crippen molar-refractivity contribution in [2.45, 2.75) is 18.9 Å². The average molecular weight is 300 g/mol. The number of amides is 1. The van der Waals surface area contributed by atoms with Crippen molar-refractivity contribution in [3.8, 4) is 0 Å². The van der Waals surface area contributed by atoms with Crippen LogP contribution in [-0.4, -0.2) is 32.2 Å². The Morgan fingerprint density at radius 1 is 1.32 bits per heavy atom. The van der Waals surface area contributed by atoms with Crippen LogP contribution in [0.25, 0.3) is 0 Å². The van der Waals surface area contributed by atoms with E-state index in [1.54, 1.807) is 13.2 Å². The van der Waals surface area contributed by atoms with E-state index < -0.39 is 0 Å². The van der Waals surface area contributed by atoms with E-state index in [2.05, 4.69) is 10.2 Å². The Bertz CT molecular complexity index is 607. The summed E-state index contributed by atoms with van der Waals surface area (Å²) in [7, 11) is 1.77. The van der Waals surface area contributed by atoms with Crippen LogP contribution in [0.5, 0.6) is 0 Å². The molecule has 1 atom stereocenters. The van der Waals surface area contributed by atoms with Crippen LogP contribution >= 0.6 is 0 Å². The normalized spacial score (nSPS) is 18.2. The van der Waals surface area contributed by atoms with Crippen LogP contribution in [0.15, 0.2) is 47.3 Å². The number of hydrogen-bond donors (Lipinski definition) is 1. The van der Waals surface area contributed by atoms with E-state index in [0.29, 0.717) is 11.7 Å². The predicted molar refractivity (Wildman–Crippen MR) is 85.3 cm³/mol. The maximum Gasteiger partial charge on any atom is 0.258 e. The summed E-state index contributed by atoms with van der Waals surface area (Å²) < 4.78 is 10.4. The first-order valence-corrected chi connectivity index (χ1v) is 7.47. The molecule has 0 radical (unpaired) electrons. The fourth-order valence-electron chi connectivity index (χ4n) is 2.72. The molecule has 5 heteroatoms. The Hall–Kier alpha value is -2.27. The van der Waals surface area contributed by atoms with Crippen molar-refractivity contribution >= 4 is 17.3 Å². The molecule has 1 saturated heterocycles. The summed E-state index contributed by atoms with van der Waals surface area (Å²) in [6.45, 7) is 1.96. The topological polar surface area (TPSA) is 54.7 Å². The summed E-state index contributed by atoms with van der Waals surface area (Å²) in [5.74, 6) is -0.168. The van der Waals surface area contributed by atoms with Gasteiger partial charge in [-0.2, -0.15) is 0 Å². The van der Waals surface area contributed by atoms with Gasteiger partial charge in [0.2, 0.25) is 0 Å². The van der Waals surface area contributed by atoms with Gasteiger partial charge in [-0.1, -0.05) is 0 Å². The van der Waals surface area contributed by atoms with Gasteiger partial charge in [0.25, 0.3) is 5.91 Å². The standard InChI is InChI=1S/C17H20N2O3/c1-21-16-3-2-9-19(11-16)15-6-4-14(5-7-15)18-17(20)13-8-10-22-12-13/h4-8,10,12,16H,2-3,9,11H2,1H3,(H,18,20). The van der Waals surface area contributed by atoms with Crippen LogP contribution in [0.2, 0.25) is 0 Å². The van der Waals surface area contributed by atoms with Crippen molar-refractivity contribution < 1.29 is 13.9 Å². The Kier molecular flexibility index (Phi) is 4.44. The number of ether oxygens (including phenoxy) is 1. The molecule has 1 amide bonds. The zero-order chi connectivity index (χ0) is 15.4. The maximum absolute atomic E-state index is 11.9. The predicted octanol–water partition coefficient (Wildman–Crippen LogP) is 3.15. The minimum Gasteiger partial charge on any atom is -0.472 e. The first-order chi connectivity index (χ1) is 10.8. The van der Waals surface area contributed by atoms with E-state index in [1.807, 2.05) is 24.3 Å². The molecule has 1 aliphatic heterocycles. The van der Waals surface area contributed by atoms with Gasteiger partial charge in [-0.3, -0.25) is 4.79 Å². The monoisotopic (exact) mass is 300 g/mol. The number of nitrogens with one attached hydrogen (secondary N) is 1. The first kappa shape index (κ1) is 14.7. The molecule has 0 saturated carbocycles. The summed E-state index contributed by atoms with van der Waals surface area (Å²) in [4.78, 5) is 14.3. The fraction of sp³-hybridized carbons (Fsp3) is 0.353. The number of benzene rings is 1. The van der Waals surface area contributed by atoms with Gasteiger partial charge >= 0.3 is 0 Å². The molecule has 1 aromatic carbocycles. The smallest absolute Gasteiger partial charge is 0.258 e. The molecule has 5 nitrogen and oxygen atoms in total. The number of piperidine rings is 1. The van der Waals surface area contributed by atoms with Crippen LogP contribution in [0, 0.1) is 0 Å². The van der Waals surface area contributed by atoms with Gasteiger partial charge in [-0.15, -0.1) is 0 Å². The minimum atomic E-state index is -0.168. The number of carbonyl (C=O) groups excluding carboxylic acids is 1. The molecule has 2 aromatic rings. The Balaban J connectivity index is 1.64. The maximum atomic E-state index is 11.9. The van der Waals surface area contributed by atoms with Gasteiger partial charge in [0.05, 0.1) is 17.9 Å². The lowest BCUT2D eigenvalue weighted by Gasteiger charge is -2.33. The van der Waals surface area contributed by atoms with Crippen LogP contribution in [-0.2, 0) is 4.74 Å². The van der Waals surface area contributed by atoms with Crippen molar-refractivity contribution in [3.05, 3.63) is 48.4 Å². The number of anilines is 2. The van der Waals surface area contributed by atoms with E-state index in [9.17, 15) is 4.79 Å². The SMILES string of the molecule is COC1CCCN(c2ccc(NC(=O)c3ccoc3)cc2)C1. The molecular formula is C17H20N2O3. The second-order valence-corrected chi connectivity index (χ2v) is 5.46. The van der Waals surface area contributed by atoms with Crippen molar-refractivity contribution in [3.63, 3.8) is 0 Å². The minimum absolute atomic E-state index is 0.168. The quantitative estimate of drug-likeness (QED) is 0.942. The molecule has 116 valence electrons. The van der Waals surface area contributed by atoms with Gasteiger partial charge in [0.1, 0.15) is 6.26 Å². The second kappa shape index (κ2) is 6.66. The Morgan fingerprint density at radius 2 is 2.14 bits per heavy atom. The van der Waals surface area contributed by atoms with Crippen molar-refractivity contribution in [2.24, 2.45) is 0 Å². The molecule has 1 N–H and O–H groups in total. The molecule has 2 heterocycles. The van der Waals surface area contributed by atoms with Crippen LogP contribution in [0.4, 0.5) is 11.4 Å². The highest BCUT2D eigenvalue weighted by Gasteiger charge is 2.19. The summed E-state index contributed by atoms with van der Waals surface area (Å²) in [5, 5.41) is 2.85. The number of furan rings is 1. The molecule has 1 unspecified atom stereocenters. The second-order valence-electron chi connectivity index (χ2n) is 5.46. The number of carbonyl (C=O) groups is 1. The molecule has 1 fully saturated rings. The number of nitrogens with zero attached hydrogens (tertiary/aromatic N) is 1. The molecule has 1 aromatic heterocycles. The van der Waals surface area contributed by atoms with Crippen LogP contribution < -0.4 is 10.2 Å². The van der Waals surface area contributed by atoms with Crippen molar-refractivity contribution in [1.29, 1.82) is 0 Å². The zero-order valence-electron chi connectivity index (χ0n) is 12.6. The van der Waals surface area contributed by atoms with Crippen molar-refractivity contribution in [2.75, 3.05) is 30.4 Å².